The number of benzene rings is 2. The van der Waals surface area contributed by atoms with Gasteiger partial charge in [0.2, 0.25) is 0 Å². The topological polar surface area (TPSA) is 38.3 Å². The van der Waals surface area contributed by atoms with E-state index in [1.807, 2.05) is 0 Å². The first-order valence-electron chi connectivity index (χ1n) is 5.78. The Morgan fingerprint density at radius 2 is 1.86 bits per heavy atom. The van der Waals surface area contributed by atoms with Gasteiger partial charge in [-0.2, -0.15) is 0 Å². The van der Waals surface area contributed by atoms with E-state index in [1.165, 1.54) is 30.3 Å². The standard InChI is InChI=1S/C14H9BrClF2NO2/c15-10-5-8(17)1-3-12(10)19-14(20)7-21-13-4-2-9(18)6-11(13)16/h1-6H,7H2,(H,19,20). The second kappa shape index (κ2) is 6.87. The van der Waals surface area contributed by atoms with Crippen molar-refractivity contribution in [1.82, 2.24) is 0 Å². The molecule has 1 amide bonds. The summed E-state index contributed by atoms with van der Waals surface area (Å²) in [5, 5.41) is 2.62. The van der Waals surface area contributed by atoms with E-state index in [4.69, 9.17) is 16.3 Å². The second-order valence-electron chi connectivity index (χ2n) is 4.04. The van der Waals surface area contributed by atoms with Crippen molar-refractivity contribution in [2.45, 2.75) is 0 Å². The molecule has 3 nitrogen and oxygen atoms in total. The molecule has 0 spiro atoms. The zero-order valence-corrected chi connectivity index (χ0v) is 12.8. The van der Waals surface area contributed by atoms with Crippen LogP contribution in [0.1, 0.15) is 0 Å². The smallest absolute Gasteiger partial charge is 0.262 e. The van der Waals surface area contributed by atoms with Gasteiger partial charge in [0.25, 0.3) is 5.91 Å². The van der Waals surface area contributed by atoms with Gasteiger partial charge in [-0.1, -0.05) is 11.6 Å². The Labute approximate surface area is 133 Å². The molecule has 2 aromatic rings. The first-order valence-corrected chi connectivity index (χ1v) is 6.95. The van der Waals surface area contributed by atoms with Gasteiger partial charge in [-0.15, -0.1) is 0 Å². The first kappa shape index (κ1) is 15.7. The van der Waals surface area contributed by atoms with Crippen molar-refractivity contribution in [2.75, 3.05) is 11.9 Å². The fourth-order valence-corrected chi connectivity index (χ4v) is 2.18. The van der Waals surface area contributed by atoms with E-state index in [1.54, 1.807) is 0 Å². The number of anilines is 1. The van der Waals surface area contributed by atoms with Crippen LogP contribution in [-0.4, -0.2) is 12.5 Å². The normalized spacial score (nSPS) is 10.3. The molecule has 0 saturated heterocycles. The van der Waals surface area contributed by atoms with Gasteiger partial charge in [-0.05, 0) is 52.3 Å². The second-order valence-corrected chi connectivity index (χ2v) is 5.30. The van der Waals surface area contributed by atoms with Crippen LogP contribution in [-0.2, 0) is 4.79 Å². The minimum Gasteiger partial charge on any atom is -0.482 e. The molecule has 7 heteroatoms. The third-order valence-corrected chi connectivity index (χ3v) is 3.41. The van der Waals surface area contributed by atoms with E-state index in [9.17, 15) is 13.6 Å². The lowest BCUT2D eigenvalue weighted by Gasteiger charge is -2.10. The van der Waals surface area contributed by atoms with E-state index in [-0.39, 0.29) is 17.4 Å². The number of nitrogens with one attached hydrogen (secondary N) is 1. The number of ether oxygens (including phenoxy) is 1. The summed E-state index contributed by atoms with van der Waals surface area (Å²) < 4.78 is 31.4. The summed E-state index contributed by atoms with van der Waals surface area (Å²) in [6.07, 6.45) is 0. The molecule has 0 aliphatic rings. The zero-order valence-electron chi connectivity index (χ0n) is 10.5. The van der Waals surface area contributed by atoms with E-state index < -0.39 is 17.5 Å². The van der Waals surface area contributed by atoms with Crippen molar-refractivity contribution in [3.63, 3.8) is 0 Å². The average molecular weight is 377 g/mol. The molecular weight excluding hydrogens is 368 g/mol. The SMILES string of the molecule is O=C(COc1ccc(F)cc1Cl)Nc1ccc(F)cc1Br. The van der Waals surface area contributed by atoms with Crippen LogP contribution in [0.2, 0.25) is 5.02 Å². The van der Waals surface area contributed by atoms with Crippen LogP contribution in [0.4, 0.5) is 14.5 Å². The van der Waals surface area contributed by atoms with Crippen LogP contribution >= 0.6 is 27.5 Å². The molecule has 2 aromatic carbocycles. The summed E-state index contributed by atoms with van der Waals surface area (Å²) in [5.41, 5.74) is 0.412. The Kier molecular flexibility index (Phi) is 5.14. The van der Waals surface area contributed by atoms with Gasteiger partial charge in [0.05, 0.1) is 10.7 Å². The number of rotatable bonds is 4. The van der Waals surface area contributed by atoms with Gasteiger partial charge < -0.3 is 10.1 Å². The molecule has 0 saturated carbocycles. The molecule has 0 bridgehead atoms. The Morgan fingerprint density at radius 3 is 2.52 bits per heavy atom. The zero-order chi connectivity index (χ0) is 15.4. The molecule has 0 aromatic heterocycles. The summed E-state index contributed by atoms with van der Waals surface area (Å²) in [6, 6.07) is 7.47. The molecule has 0 aliphatic carbocycles. The molecule has 0 radical (unpaired) electrons. The van der Waals surface area contributed by atoms with Crippen LogP contribution in [0, 0.1) is 11.6 Å². The summed E-state index contributed by atoms with van der Waals surface area (Å²) in [5.74, 6) is -1.17. The van der Waals surface area contributed by atoms with Crippen LogP contribution in [0.3, 0.4) is 0 Å². The van der Waals surface area contributed by atoms with Crippen molar-refractivity contribution in [1.29, 1.82) is 0 Å². The highest BCUT2D eigenvalue weighted by Gasteiger charge is 2.09. The van der Waals surface area contributed by atoms with E-state index in [0.717, 1.165) is 6.07 Å². The Bertz CT molecular complexity index is 682. The minimum absolute atomic E-state index is 0.0748. The molecule has 1 N–H and O–H groups in total. The van der Waals surface area contributed by atoms with Crippen molar-refractivity contribution in [3.05, 3.63) is 57.5 Å². The number of halogens is 4. The largest absolute Gasteiger partial charge is 0.482 e. The van der Waals surface area contributed by atoms with Crippen molar-refractivity contribution in [2.24, 2.45) is 0 Å². The highest BCUT2D eigenvalue weighted by molar-refractivity contribution is 9.10. The molecule has 21 heavy (non-hydrogen) atoms. The first-order chi connectivity index (χ1) is 9.95. The van der Waals surface area contributed by atoms with Crippen molar-refractivity contribution >= 4 is 39.1 Å². The third kappa shape index (κ3) is 4.41. The van der Waals surface area contributed by atoms with Crippen LogP contribution in [0.25, 0.3) is 0 Å². The van der Waals surface area contributed by atoms with E-state index in [2.05, 4.69) is 21.2 Å². The number of hydrogen-bond acceptors (Lipinski definition) is 2. The molecule has 0 fully saturated rings. The molecular formula is C14H9BrClF2NO2. The molecule has 0 unspecified atom stereocenters. The van der Waals surface area contributed by atoms with Gasteiger partial charge in [0.1, 0.15) is 17.4 Å². The van der Waals surface area contributed by atoms with Gasteiger partial charge in [-0.25, -0.2) is 8.78 Å². The molecule has 110 valence electrons. The Hall–Kier alpha value is -1.66. The summed E-state index contributed by atoms with van der Waals surface area (Å²) in [6.45, 7) is -0.310. The quantitative estimate of drug-likeness (QED) is 0.859. The Morgan fingerprint density at radius 1 is 1.19 bits per heavy atom. The third-order valence-electron chi connectivity index (χ3n) is 2.46. The highest BCUT2D eigenvalue weighted by atomic mass is 79.9. The van der Waals surface area contributed by atoms with Gasteiger partial charge >= 0.3 is 0 Å². The summed E-state index contributed by atoms with van der Waals surface area (Å²) in [4.78, 5) is 11.7. The maximum atomic E-state index is 12.9. The van der Waals surface area contributed by atoms with Gasteiger partial charge in [-0.3, -0.25) is 4.79 Å². The molecule has 0 heterocycles. The maximum absolute atomic E-state index is 12.9. The van der Waals surface area contributed by atoms with Crippen molar-refractivity contribution < 1.29 is 18.3 Å². The molecule has 0 atom stereocenters. The predicted octanol–water partition coefficient (Wildman–Crippen LogP) is 4.40. The van der Waals surface area contributed by atoms with Crippen molar-refractivity contribution in [3.8, 4) is 5.75 Å². The predicted molar refractivity (Wildman–Crippen MR) is 79.6 cm³/mol. The summed E-state index contributed by atoms with van der Waals surface area (Å²) >= 11 is 8.90. The van der Waals surface area contributed by atoms with Crippen LogP contribution in [0.5, 0.6) is 5.75 Å². The van der Waals surface area contributed by atoms with Gasteiger partial charge in [0, 0.05) is 4.47 Å². The van der Waals surface area contributed by atoms with Crippen LogP contribution in [0.15, 0.2) is 40.9 Å². The van der Waals surface area contributed by atoms with Crippen LogP contribution < -0.4 is 10.1 Å². The fraction of sp³-hybridized carbons (Fsp3) is 0.0714. The highest BCUT2D eigenvalue weighted by Crippen LogP contribution is 2.25. The molecule has 2 rings (SSSR count). The van der Waals surface area contributed by atoms with Gasteiger partial charge in [0.15, 0.2) is 6.61 Å². The lowest BCUT2D eigenvalue weighted by atomic mass is 10.3. The minimum atomic E-state index is -0.493. The number of carbonyl (C=O) groups excluding carboxylic acids is 1. The summed E-state index contributed by atoms with van der Waals surface area (Å²) in [7, 11) is 0. The number of hydrogen-bond donors (Lipinski definition) is 1. The number of amides is 1. The lowest BCUT2D eigenvalue weighted by molar-refractivity contribution is -0.118. The van der Waals surface area contributed by atoms with E-state index in [0.29, 0.717) is 10.2 Å². The lowest BCUT2D eigenvalue weighted by Crippen LogP contribution is -2.20. The monoisotopic (exact) mass is 375 g/mol. The molecule has 0 aliphatic heterocycles. The Balaban J connectivity index is 1.96. The fourth-order valence-electron chi connectivity index (χ4n) is 1.51. The number of carbonyl (C=O) groups is 1. The van der Waals surface area contributed by atoms with E-state index >= 15 is 0 Å². The maximum Gasteiger partial charge on any atom is 0.262 e. The average Bonchev–Trinajstić information content (AvgIpc) is 2.41.